The Morgan fingerprint density at radius 3 is 0.698 bits per heavy atom. The summed E-state index contributed by atoms with van der Waals surface area (Å²) in [4.78, 5) is 69.1. The zero-order chi connectivity index (χ0) is 61.0. The van der Waals surface area contributed by atoms with Gasteiger partial charge in [0.05, 0.1) is 0 Å². The molecule has 0 saturated heterocycles. The van der Waals surface area contributed by atoms with Crippen LogP contribution in [0.25, 0.3) is 0 Å². The molecule has 86 heavy (non-hydrogen) atoms. The Morgan fingerprint density at radius 1 is 0.279 bits per heavy atom. The van der Waals surface area contributed by atoms with Crippen LogP contribution in [0.5, 0.6) is 5.75 Å². The van der Waals surface area contributed by atoms with Crippen LogP contribution in [-0.2, 0) is 6.42 Å². The van der Waals surface area contributed by atoms with Gasteiger partial charge in [-0.05, 0) is 0 Å². The second-order valence-corrected chi connectivity index (χ2v) is 57.9. The summed E-state index contributed by atoms with van der Waals surface area (Å²) in [5.41, 5.74) is 3.88. The van der Waals surface area contributed by atoms with Crippen LogP contribution >= 0.6 is 0 Å². The van der Waals surface area contributed by atoms with Crippen molar-refractivity contribution in [1.82, 2.24) is 0 Å². The molecular formula is C76H76Ge4O6. The number of aryl methyl sites for hydroxylation is 1. The van der Waals surface area contributed by atoms with Crippen LogP contribution in [0.3, 0.4) is 0 Å². The van der Waals surface area contributed by atoms with Gasteiger partial charge < -0.3 is 0 Å². The fourth-order valence-electron chi connectivity index (χ4n) is 12.1. The van der Waals surface area contributed by atoms with E-state index in [1.165, 1.54) is 31.9 Å². The summed E-state index contributed by atoms with van der Waals surface area (Å²) in [7, 11) is 1.60. The number of hydrogen-bond acceptors (Lipinski definition) is 6. The molecule has 10 aromatic rings. The Bertz CT molecular complexity index is 3330. The third-order valence-corrected chi connectivity index (χ3v) is 63.1. The predicted molar refractivity (Wildman–Crippen MR) is 366 cm³/mol. The van der Waals surface area contributed by atoms with Crippen LogP contribution in [0.4, 0.5) is 4.79 Å². The maximum absolute atomic E-state index is 16.5. The van der Waals surface area contributed by atoms with Crippen LogP contribution in [0.2, 0.25) is 21.0 Å². The third-order valence-electron chi connectivity index (χ3n) is 17.1. The number of methoxy groups -OCH3 is 1. The topological polar surface area (TPSA) is 94.6 Å². The van der Waals surface area contributed by atoms with Crippen molar-refractivity contribution in [3.63, 3.8) is 0 Å². The minimum absolute atomic E-state index is 0.0669. The van der Waals surface area contributed by atoms with Gasteiger partial charge in [-0.2, -0.15) is 0 Å². The van der Waals surface area contributed by atoms with Gasteiger partial charge in [-0.3, -0.25) is 0 Å². The van der Waals surface area contributed by atoms with Crippen molar-refractivity contribution in [3.8, 4) is 5.75 Å². The molecule has 0 atom stereocenters. The zero-order valence-corrected chi connectivity index (χ0v) is 58.6. The molecule has 432 valence electrons. The van der Waals surface area contributed by atoms with E-state index < -0.39 is 53.1 Å². The van der Waals surface area contributed by atoms with E-state index in [1.807, 2.05) is 113 Å². The van der Waals surface area contributed by atoms with Crippen LogP contribution in [0.1, 0.15) is 81.6 Å². The van der Waals surface area contributed by atoms with Gasteiger partial charge in [0.15, 0.2) is 0 Å². The standard InChI is InChI=1S/C37H30Ge2O.C21H26GeO3.C18H20GeO2/c40-37(38(31-19-7-1-8-20-31,32-21-9-2-10-22-32)33-23-11-3-12-24-33)39(34-25-13-4-14-26-34,35-27-15-5-16-28-35)36-29-17-6-18-30-36;1-5-16-8-10-17(11-9-16)20(23)22(6-2,7-3)21(24)18-12-14-19(25-4)15-13-18;1-3-19(4-2,17(20)15-11-7-5-8-12-15)18(21)16-13-9-6-10-14-16/h1-30H;8-15H,5-7H2,1-4H3;5-14H,3-4H2,1-2H3. The molecule has 10 rings (SSSR count). The van der Waals surface area contributed by atoms with E-state index in [4.69, 9.17) is 4.74 Å². The molecule has 0 saturated carbocycles. The van der Waals surface area contributed by atoms with Crippen LogP contribution < -0.4 is 31.1 Å². The van der Waals surface area contributed by atoms with Crippen molar-refractivity contribution >= 4 is 101 Å². The molecule has 0 heterocycles. The van der Waals surface area contributed by atoms with Gasteiger partial charge in [0, 0.05) is 0 Å². The van der Waals surface area contributed by atoms with Crippen molar-refractivity contribution in [2.75, 3.05) is 7.11 Å². The van der Waals surface area contributed by atoms with Crippen molar-refractivity contribution < 1.29 is 28.7 Å². The Hall–Kier alpha value is -7.48. The summed E-state index contributed by atoms with van der Waals surface area (Å²) in [5, 5.41) is 2.71. The van der Waals surface area contributed by atoms with Crippen molar-refractivity contribution in [3.05, 3.63) is 319 Å². The molecule has 0 radical (unpaired) electrons. The fourth-order valence-corrected chi connectivity index (χ4v) is 59.5. The summed E-state index contributed by atoms with van der Waals surface area (Å²) in [5.74, 6) is 0.712. The number of rotatable bonds is 22. The molecule has 0 unspecified atom stereocenters. The molecule has 10 heteroatoms. The number of ether oxygens (including phenoxy) is 1. The number of carbonyl (C=O) groups excluding carboxylic acids is 5. The number of benzene rings is 10. The third kappa shape index (κ3) is 13.4. The molecule has 0 spiro atoms. The zero-order valence-electron chi connectivity index (χ0n) is 50.2. The van der Waals surface area contributed by atoms with Crippen molar-refractivity contribution in [1.29, 1.82) is 0 Å². The van der Waals surface area contributed by atoms with E-state index in [0.29, 0.717) is 52.5 Å². The molecule has 6 nitrogen and oxygen atoms in total. The van der Waals surface area contributed by atoms with Gasteiger partial charge in [-0.25, -0.2) is 0 Å². The quantitative estimate of drug-likeness (QED) is 0.0628. The summed E-state index contributed by atoms with van der Waals surface area (Å²) >= 11 is -14.9. The average molecular weight is 1380 g/mol. The average Bonchev–Trinajstić information content (AvgIpc) is 0.739. The van der Waals surface area contributed by atoms with Gasteiger partial charge in [0.1, 0.15) is 0 Å². The first-order valence-electron chi connectivity index (χ1n) is 29.9. The van der Waals surface area contributed by atoms with Crippen LogP contribution in [0, 0.1) is 0 Å². The van der Waals surface area contributed by atoms with E-state index in [2.05, 4.69) is 189 Å². The summed E-state index contributed by atoms with van der Waals surface area (Å²) in [6.45, 7) is 10.0. The van der Waals surface area contributed by atoms with Crippen LogP contribution in [-0.4, -0.2) is 82.1 Å². The fraction of sp³-hybridized carbons (Fsp3) is 0.145. The van der Waals surface area contributed by atoms with E-state index in [0.717, 1.165) is 6.42 Å². The molecule has 0 aromatic heterocycles. The molecule has 0 amide bonds. The van der Waals surface area contributed by atoms with Gasteiger partial charge in [0.25, 0.3) is 0 Å². The van der Waals surface area contributed by atoms with Crippen molar-refractivity contribution in [2.45, 2.75) is 62.1 Å². The normalized spacial score (nSPS) is 11.4. The first-order valence-corrected chi connectivity index (χ1v) is 48.4. The number of hydrogen-bond donors (Lipinski definition) is 0. The van der Waals surface area contributed by atoms with Gasteiger partial charge in [0.2, 0.25) is 0 Å². The minimum atomic E-state index is -4.05. The van der Waals surface area contributed by atoms with Gasteiger partial charge >= 0.3 is 524 Å². The Labute approximate surface area is 519 Å². The summed E-state index contributed by atoms with van der Waals surface area (Å²) < 4.78 is 13.0. The van der Waals surface area contributed by atoms with Crippen LogP contribution in [0.15, 0.2) is 291 Å². The number of carbonyl (C=O) groups is 5. The molecular weight excluding hydrogens is 1300 g/mol. The second-order valence-electron chi connectivity index (χ2n) is 21.4. The Morgan fingerprint density at radius 2 is 0.488 bits per heavy atom. The predicted octanol–water partition coefficient (Wildman–Crippen LogP) is 13.8. The molecule has 0 aliphatic heterocycles. The van der Waals surface area contributed by atoms with Crippen molar-refractivity contribution in [2.24, 2.45) is 0 Å². The molecule has 0 N–H and O–H groups in total. The first-order chi connectivity index (χ1) is 42.0. The maximum atomic E-state index is 16.5. The molecule has 0 bridgehead atoms. The molecule has 10 aromatic carbocycles. The van der Waals surface area contributed by atoms with Gasteiger partial charge in [-0.15, -0.1) is 0 Å². The van der Waals surface area contributed by atoms with Gasteiger partial charge in [-0.1, -0.05) is 0 Å². The molecule has 0 fully saturated rings. The Balaban J connectivity index is 0.000000180. The van der Waals surface area contributed by atoms with E-state index in [1.54, 1.807) is 31.4 Å². The molecule has 0 aliphatic rings. The Kier molecular flexibility index (Phi) is 23.1. The van der Waals surface area contributed by atoms with E-state index in [9.17, 15) is 19.2 Å². The summed E-state index contributed by atoms with van der Waals surface area (Å²) in [6.07, 6.45) is 0.938. The monoisotopic (exact) mass is 1380 g/mol. The second kappa shape index (κ2) is 30.7. The van der Waals surface area contributed by atoms with E-state index in [-0.39, 0.29) is 18.5 Å². The van der Waals surface area contributed by atoms with E-state index >= 15 is 4.79 Å². The summed E-state index contributed by atoms with van der Waals surface area (Å²) in [6, 6.07) is 97.2. The molecule has 0 aliphatic carbocycles. The first kappa shape index (κ1) is 64.5. The SMILES string of the molecule is CCc1ccc([C](=O)[Ge]([CH2]C)([CH2]C)[C](=O)c2ccc(OC)cc2)cc1.C[CH2][Ge]([CH2]C)([C](=O)c1ccccc1)[C](=O)c1ccccc1.O=[C]([Ge]([c]1ccccc1)([c]1ccccc1)[c]1ccccc1)[Ge]([c]1ccccc1)([c]1ccccc1)[c]1ccccc1.